The number of hydrogen-bond donors (Lipinski definition) is 2. The standard InChI is InChI=1S/C16H16F3N3O/c1-2-9-20-11-7-8-14(21-10-11)15(23)22-13-6-4-3-5-12(13)16(17,18)19/h3-8,10,20H,2,9H2,1H3,(H,22,23). The van der Waals surface area contributed by atoms with E-state index in [1.54, 1.807) is 6.07 Å². The minimum absolute atomic E-state index is 0.0454. The lowest BCUT2D eigenvalue weighted by Gasteiger charge is -2.13. The van der Waals surface area contributed by atoms with Crippen molar-refractivity contribution < 1.29 is 18.0 Å². The number of rotatable bonds is 5. The van der Waals surface area contributed by atoms with E-state index in [2.05, 4.69) is 15.6 Å². The van der Waals surface area contributed by atoms with Crippen molar-refractivity contribution in [3.8, 4) is 0 Å². The highest BCUT2D eigenvalue weighted by atomic mass is 19.4. The number of alkyl halides is 3. The first-order valence-corrected chi connectivity index (χ1v) is 7.09. The fourth-order valence-electron chi connectivity index (χ4n) is 1.93. The maximum Gasteiger partial charge on any atom is 0.418 e. The minimum atomic E-state index is -4.54. The molecule has 0 aliphatic carbocycles. The van der Waals surface area contributed by atoms with E-state index in [4.69, 9.17) is 0 Å². The maximum atomic E-state index is 12.9. The summed E-state index contributed by atoms with van der Waals surface area (Å²) in [7, 11) is 0. The van der Waals surface area contributed by atoms with Crippen molar-refractivity contribution in [3.05, 3.63) is 53.9 Å². The fourth-order valence-corrected chi connectivity index (χ4v) is 1.93. The van der Waals surface area contributed by atoms with Gasteiger partial charge in [-0.25, -0.2) is 4.98 Å². The highest BCUT2D eigenvalue weighted by Crippen LogP contribution is 2.34. The van der Waals surface area contributed by atoms with E-state index in [9.17, 15) is 18.0 Å². The number of halogens is 3. The van der Waals surface area contributed by atoms with Crippen molar-refractivity contribution in [2.75, 3.05) is 17.2 Å². The summed E-state index contributed by atoms with van der Waals surface area (Å²) in [4.78, 5) is 16.0. The largest absolute Gasteiger partial charge is 0.418 e. The van der Waals surface area contributed by atoms with E-state index in [0.29, 0.717) is 0 Å². The topological polar surface area (TPSA) is 54.0 Å². The van der Waals surface area contributed by atoms with E-state index in [-0.39, 0.29) is 11.4 Å². The molecule has 2 rings (SSSR count). The number of anilines is 2. The van der Waals surface area contributed by atoms with E-state index in [0.717, 1.165) is 24.7 Å². The first-order chi connectivity index (χ1) is 10.9. The molecule has 0 saturated heterocycles. The SMILES string of the molecule is CCCNc1ccc(C(=O)Nc2ccccc2C(F)(F)F)nc1. The maximum absolute atomic E-state index is 12.9. The highest BCUT2D eigenvalue weighted by Gasteiger charge is 2.33. The second-order valence-electron chi connectivity index (χ2n) is 4.86. The Balaban J connectivity index is 2.14. The molecule has 0 bridgehead atoms. The van der Waals surface area contributed by atoms with Crippen molar-refractivity contribution in [2.24, 2.45) is 0 Å². The predicted molar refractivity (Wildman–Crippen MR) is 82.4 cm³/mol. The molecule has 0 spiro atoms. The number of amides is 1. The molecule has 2 N–H and O–H groups in total. The van der Waals surface area contributed by atoms with Crippen molar-refractivity contribution in [2.45, 2.75) is 19.5 Å². The molecule has 4 nitrogen and oxygen atoms in total. The average Bonchev–Trinajstić information content (AvgIpc) is 2.53. The minimum Gasteiger partial charge on any atom is -0.384 e. The van der Waals surface area contributed by atoms with Gasteiger partial charge in [-0.1, -0.05) is 19.1 Å². The van der Waals surface area contributed by atoms with Crippen LogP contribution in [0.15, 0.2) is 42.6 Å². The molecule has 1 aromatic heterocycles. The molecule has 0 fully saturated rings. The zero-order valence-corrected chi connectivity index (χ0v) is 12.4. The van der Waals surface area contributed by atoms with Crippen molar-refractivity contribution in [3.63, 3.8) is 0 Å². The summed E-state index contributed by atoms with van der Waals surface area (Å²) in [5.41, 5.74) is -0.391. The quantitative estimate of drug-likeness (QED) is 0.868. The van der Waals surface area contributed by atoms with Crippen molar-refractivity contribution in [1.29, 1.82) is 0 Å². The predicted octanol–water partition coefficient (Wildman–Crippen LogP) is 4.17. The molecule has 122 valence electrons. The highest BCUT2D eigenvalue weighted by molar-refractivity contribution is 6.03. The molecular formula is C16H16F3N3O. The van der Waals surface area contributed by atoms with Gasteiger partial charge in [-0.2, -0.15) is 13.2 Å². The van der Waals surface area contributed by atoms with Crippen LogP contribution in [-0.4, -0.2) is 17.4 Å². The van der Waals surface area contributed by atoms with Crippen molar-refractivity contribution in [1.82, 2.24) is 4.98 Å². The summed E-state index contributed by atoms with van der Waals surface area (Å²) in [6.45, 7) is 2.78. The Hall–Kier alpha value is -2.57. The van der Waals surface area contributed by atoms with Gasteiger partial charge < -0.3 is 10.6 Å². The lowest BCUT2D eigenvalue weighted by Crippen LogP contribution is -2.17. The number of hydrogen-bond acceptors (Lipinski definition) is 3. The van der Waals surface area contributed by atoms with Crippen LogP contribution in [0.4, 0.5) is 24.5 Å². The lowest BCUT2D eigenvalue weighted by atomic mass is 10.1. The molecule has 0 aliphatic rings. The lowest BCUT2D eigenvalue weighted by molar-refractivity contribution is -0.136. The van der Waals surface area contributed by atoms with Gasteiger partial charge in [0.15, 0.2) is 0 Å². The van der Waals surface area contributed by atoms with Crippen LogP contribution in [0.1, 0.15) is 29.4 Å². The van der Waals surface area contributed by atoms with Gasteiger partial charge in [-0.3, -0.25) is 4.79 Å². The summed E-state index contributed by atoms with van der Waals surface area (Å²) in [6, 6.07) is 7.94. The summed E-state index contributed by atoms with van der Waals surface area (Å²) in [6.07, 6.45) is -2.12. The van der Waals surface area contributed by atoms with Crippen LogP contribution in [0.2, 0.25) is 0 Å². The Morgan fingerprint density at radius 3 is 2.52 bits per heavy atom. The molecular weight excluding hydrogens is 307 g/mol. The van der Waals surface area contributed by atoms with Gasteiger partial charge >= 0.3 is 6.18 Å². The van der Waals surface area contributed by atoms with Gasteiger partial charge in [0.1, 0.15) is 5.69 Å². The number of pyridine rings is 1. The molecule has 2 aromatic rings. The monoisotopic (exact) mass is 323 g/mol. The molecule has 1 aromatic carbocycles. The summed E-state index contributed by atoms with van der Waals surface area (Å²) < 4.78 is 38.7. The molecule has 23 heavy (non-hydrogen) atoms. The number of carbonyl (C=O) groups is 1. The normalized spacial score (nSPS) is 11.1. The molecule has 0 radical (unpaired) electrons. The number of carbonyl (C=O) groups excluding carboxylic acids is 1. The van der Waals surface area contributed by atoms with Gasteiger partial charge in [0.2, 0.25) is 0 Å². The smallest absolute Gasteiger partial charge is 0.384 e. The Bertz CT molecular complexity index is 669. The zero-order chi connectivity index (χ0) is 16.9. The third-order valence-corrected chi connectivity index (χ3v) is 3.06. The summed E-state index contributed by atoms with van der Waals surface area (Å²) >= 11 is 0. The van der Waals surface area contributed by atoms with Gasteiger partial charge in [0.25, 0.3) is 5.91 Å². The molecule has 1 amide bonds. The second-order valence-corrected chi connectivity index (χ2v) is 4.86. The van der Waals surface area contributed by atoms with Crippen LogP contribution in [0.3, 0.4) is 0 Å². The van der Waals surface area contributed by atoms with E-state index in [1.165, 1.54) is 30.5 Å². The average molecular weight is 323 g/mol. The van der Waals surface area contributed by atoms with Crippen LogP contribution >= 0.6 is 0 Å². The van der Waals surface area contributed by atoms with Gasteiger partial charge in [-0.05, 0) is 30.7 Å². The van der Waals surface area contributed by atoms with E-state index in [1.807, 2.05) is 6.92 Å². The van der Waals surface area contributed by atoms with Crippen LogP contribution in [-0.2, 0) is 6.18 Å². The second kappa shape index (κ2) is 7.13. The zero-order valence-electron chi connectivity index (χ0n) is 12.4. The van der Waals surface area contributed by atoms with Crippen LogP contribution in [0, 0.1) is 0 Å². The van der Waals surface area contributed by atoms with Gasteiger partial charge in [0.05, 0.1) is 23.1 Å². The van der Waals surface area contributed by atoms with Gasteiger partial charge in [0, 0.05) is 6.54 Å². The first-order valence-electron chi connectivity index (χ1n) is 7.09. The fraction of sp³-hybridized carbons (Fsp3) is 0.250. The Morgan fingerprint density at radius 2 is 1.91 bits per heavy atom. The number of benzene rings is 1. The summed E-state index contributed by atoms with van der Waals surface area (Å²) in [5, 5.41) is 5.35. The number of nitrogens with one attached hydrogen (secondary N) is 2. The van der Waals surface area contributed by atoms with Gasteiger partial charge in [-0.15, -0.1) is 0 Å². The van der Waals surface area contributed by atoms with Crippen LogP contribution in [0.5, 0.6) is 0 Å². The van der Waals surface area contributed by atoms with E-state index < -0.39 is 17.6 Å². The Kier molecular flexibility index (Phi) is 5.20. The molecule has 0 saturated carbocycles. The molecule has 0 atom stereocenters. The summed E-state index contributed by atoms with van der Waals surface area (Å²) in [5.74, 6) is -0.691. The van der Waals surface area contributed by atoms with Crippen LogP contribution in [0.25, 0.3) is 0 Å². The number of para-hydroxylation sites is 1. The van der Waals surface area contributed by atoms with Crippen LogP contribution < -0.4 is 10.6 Å². The van der Waals surface area contributed by atoms with E-state index >= 15 is 0 Å². The molecule has 7 heteroatoms. The molecule has 1 heterocycles. The number of nitrogens with zero attached hydrogens (tertiary/aromatic N) is 1. The first kappa shape index (κ1) is 16.8. The molecule has 0 unspecified atom stereocenters. The third kappa shape index (κ3) is 4.45. The molecule has 0 aliphatic heterocycles. The Labute approximate surface area is 131 Å². The third-order valence-electron chi connectivity index (χ3n) is 3.06. The number of aromatic nitrogens is 1. The Morgan fingerprint density at radius 1 is 1.17 bits per heavy atom. The van der Waals surface area contributed by atoms with Crippen molar-refractivity contribution >= 4 is 17.3 Å².